The number of rotatable bonds is 4. The quantitative estimate of drug-likeness (QED) is 0.850. The van der Waals surface area contributed by atoms with Crippen LogP contribution in [0.5, 0.6) is 0 Å². The van der Waals surface area contributed by atoms with E-state index in [1.54, 1.807) is 0 Å². The van der Waals surface area contributed by atoms with Gasteiger partial charge in [-0.3, -0.25) is 4.90 Å². The molecule has 3 fully saturated rings. The fourth-order valence-electron chi connectivity index (χ4n) is 4.02. The summed E-state index contributed by atoms with van der Waals surface area (Å²) >= 11 is 0. The van der Waals surface area contributed by atoms with Gasteiger partial charge in [-0.25, -0.2) is 8.42 Å². The first-order valence-corrected chi connectivity index (χ1v) is 9.82. The molecular weight excluding hydrogens is 300 g/mol. The second-order valence-corrected chi connectivity index (χ2v) is 9.17. The van der Waals surface area contributed by atoms with Crippen molar-refractivity contribution < 1.29 is 12.8 Å². The molecule has 0 bridgehead atoms. The number of sulfonamides is 1. The Balaban J connectivity index is 1.41. The predicted octanol–water partition coefficient (Wildman–Crippen LogP) is 1.98. The molecule has 122 valence electrons. The Labute approximate surface area is 132 Å². The zero-order valence-electron chi connectivity index (χ0n) is 13.1. The maximum atomic E-state index is 12.5. The minimum Gasteiger partial charge on any atom is -0.465 e. The van der Waals surface area contributed by atoms with Gasteiger partial charge in [0.05, 0.1) is 11.8 Å². The number of hydrogen-bond donors (Lipinski definition) is 0. The Morgan fingerprint density at radius 3 is 2.68 bits per heavy atom. The first-order chi connectivity index (χ1) is 10.5. The SMILES string of the molecule is Cc1ccc(CN2CCC3C(CCN3S(=O)(=O)C3CC3)C2)o1. The van der Waals surface area contributed by atoms with E-state index in [0.717, 1.165) is 63.4 Å². The van der Waals surface area contributed by atoms with Gasteiger partial charge in [0.15, 0.2) is 0 Å². The van der Waals surface area contributed by atoms with Crippen LogP contribution in [0.4, 0.5) is 0 Å². The molecule has 2 saturated heterocycles. The summed E-state index contributed by atoms with van der Waals surface area (Å²) in [5, 5.41) is -0.0737. The zero-order valence-corrected chi connectivity index (χ0v) is 13.9. The van der Waals surface area contributed by atoms with Crippen molar-refractivity contribution in [1.29, 1.82) is 0 Å². The minimum atomic E-state index is -3.01. The standard InChI is InChI=1S/C16H24N2O3S/c1-12-2-3-14(21-12)11-17-8-7-16-13(10-17)6-9-18(16)22(19,20)15-4-5-15/h2-3,13,15-16H,4-11H2,1H3. The van der Waals surface area contributed by atoms with E-state index in [1.165, 1.54) is 0 Å². The second-order valence-electron chi connectivity index (χ2n) is 7.01. The summed E-state index contributed by atoms with van der Waals surface area (Å²) in [4.78, 5) is 2.41. The topological polar surface area (TPSA) is 53.8 Å². The van der Waals surface area contributed by atoms with Crippen molar-refractivity contribution in [2.24, 2.45) is 5.92 Å². The molecule has 6 heteroatoms. The van der Waals surface area contributed by atoms with E-state index in [4.69, 9.17) is 4.42 Å². The van der Waals surface area contributed by atoms with E-state index >= 15 is 0 Å². The number of fused-ring (bicyclic) bond motifs is 1. The van der Waals surface area contributed by atoms with E-state index in [0.29, 0.717) is 5.92 Å². The molecule has 3 aliphatic rings. The van der Waals surface area contributed by atoms with Crippen LogP contribution in [0.2, 0.25) is 0 Å². The summed E-state index contributed by atoms with van der Waals surface area (Å²) in [7, 11) is -3.01. The maximum absolute atomic E-state index is 12.5. The van der Waals surface area contributed by atoms with Crippen LogP contribution in [0.3, 0.4) is 0 Å². The first kappa shape index (κ1) is 14.7. The minimum absolute atomic E-state index is 0.0737. The highest BCUT2D eigenvalue weighted by atomic mass is 32.2. The van der Waals surface area contributed by atoms with E-state index in [9.17, 15) is 8.42 Å². The van der Waals surface area contributed by atoms with Crippen LogP contribution >= 0.6 is 0 Å². The Morgan fingerprint density at radius 1 is 1.18 bits per heavy atom. The Morgan fingerprint density at radius 2 is 2.00 bits per heavy atom. The molecule has 4 rings (SSSR count). The van der Waals surface area contributed by atoms with E-state index in [-0.39, 0.29) is 11.3 Å². The van der Waals surface area contributed by atoms with Crippen LogP contribution < -0.4 is 0 Å². The van der Waals surface area contributed by atoms with Gasteiger partial charge in [0, 0.05) is 25.7 Å². The number of hydrogen-bond acceptors (Lipinski definition) is 4. The van der Waals surface area contributed by atoms with Gasteiger partial charge < -0.3 is 4.42 Å². The Kier molecular flexibility index (Phi) is 3.58. The van der Waals surface area contributed by atoms with Crippen LogP contribution in [0, 0.1) is 12.8 Å². The van der Waals surface area contributed by atoms with Crippen molar-refractivity contribution in [2.75, 3.05) is 19.6 Å². The van der Waals surface area contributed by atoms with Crippen LogP contribution in [-0.4, -0.2) is 48.5 Å². The lowest BCUT2D eigenvalue weighted by molar-refractivity contribution is 0.128. The third-order valence-electron chi connectivity index (χ3n) is 5.32. The molecular formula is C16H24N2O3S. The van der Waals surface area contributed by atoms with Crippen LogP contribution in [0.25, 0.3) is 0 Å². The van der Waals surface area contributed by atoms with Gasteiger partial charge in [0.1, 0.15) is 11.5 Å². The van der Waals surface area contributed by atoms with Crippen molar-refractivity contribution in [2.45, 2.75) is 50.4 Å². The van der Waals surface area contributed by atoms with Gasteiger partial charge in [-0.2, -0.15) is 4.31 Å². The molecule has 0 amide bonds. The first-order valence-electron chi connectivity index (χ1n) is 8.32. The van der Waals surface area contributed by atoms with E-state index < -0.39 is 10.0 Å². The molecule has 5 nitrogen and oxygen atoms in total. The molecule has 1 aliphatic carbocycles. The zero-order chi connectivity index (χ0) is 15.3. The molecule has 1 aromatic rings. The maximum Gasteiger partial charge on any atom is 0.217 e. The summed E-state index contributed by atoms with van der Waals surface area (Å²) in [5.74, 6) is 2.45. The normalized spacial score (nSPS) is 30.6. The highest BCUT2D eigenvalue weighted by Crippen LogP contribution is 2.39. The van der Waals surface area contributed by atoms with Gasteiger partial charge in [0.25, 0.3) is 0 Å². The molecule has 1 aromatic heterocycles. The number of piperidine rings is 1. The molecule has 2 aliphatic heterocycles. The molecule has 0 radical (unpaired) electrons. The third-order valence-corrected chi connectivity index (χ3v) is 7.74. The average Bonchev–Trinajstić information content (AvgIpc) is 3.15. The van der Waals surface area contributed by atoms with Crippen molar-refractivity contribution in [1.82, 2.24) is 9.21 Å². The summed E-state index contributed by atoms with van der Waals surface area (Å²) < 4.78 is 32.5. The Hall–Kier alpha value is -0.850. The van der Waals surface area contributed by atoms with Gasteiger partial charge in [0.2, 0.25) is 10.0 Å². The number of aryl methyl sites for hydroxylation is 1. The number of likely N-dealkylation sites (tertiary alicyclic amines) is 1. The molecule has 0 N–H and O–H groups in total. The lowest BCUT2D eigenvalue weighted by Gasteiger charge is -2.37. The van der Waals surface area contributed by atoms with Gasteiger partial charge in [-0.05, 0) is 50.7 Å². The average molecular weight is 324 g/mol. The second kappa shape index (κ2) is 5.35. The van der Waals surface area contributed by atoms with Crippen LogP contribution in [0.15, 0.2) is 16.5 Å². The molecule has 1 saturated carbocycles. The van der Waals surface area contributed by atoms with Crippen LogP contribution in [0.1, 0.15) is 37.2 Å². The Bertz CT molecular complexity index is 650. The third kappa shape index (κ3) is 2.61. The van der Waals surface area contributed by atoms with Crippen molar-refractivity contribution >= 4 is 10.0 Å². The fraction of sp³-hybridized carbons (Fsp3) is 0.750. The van der Waals surface area contributed by atoms with Crippen molar-refractivity contribution in [3.63, 3.8) is 0 Å². The number of nitrogens with zero attached hydrogens (tertiary/aromatic N) is 2. The fourth-order valence-corrected chi connectivity index (χ4v) is 6.15. The number of furan rings is 1. The van der Waals surface area contributed by atoms with Gasteiger partial charge in [-0.1, -0.05) is 0 Å². The molecule has 2 unspecified atom stereocenters. The smallest absolute Gasteiger partial charge is 0.217 e. The highest BCUT2D eigenvalue weighted by molar-refractivity contribution is 7.90. The predicted molar refractivity (Wildman–Crippen MR) is 83.9 cm³/mol. The molecule has 0 spiro atoms. The van der Waals surface area contributed by atoms with Gasteiger partial charge in [-0.15, -0.1) is 0 Å². The summed E-state index contributed by atoms with van der Waals surface area (Å²) in [5.41, 5.74) is 0. The van der Waals surface area contributed by atoms with E-state index in [1.807, 2.05) is 23.4 Å². The molecule has 0 aromatic carbocycles. The lowest BCUT2D eigenvalue weighted by atomic mass is 9.93. The van der Waals surface area contributed by atoms with Crippen molar-refractivity contribution in [3.05, 3.63) is 23.7 Å². The largest absolute Gasteiger partial charge is 0.465 e. The van der Waals surface area contributed by atoms with Crippen molar-refractivity contribution in [3.8, 4) is 0 Å². The lowest BCUT2D eigenvalue weighted by Crippen LogP contribution is -2.47. The van der Waals surface area contributed by atoms with Gasteiger partial charge >= 0.3 is 0 Å². The molecule has 2 atom stereocenters. The van der Waals surface area contributed by atoms with Crippen LogP contribution in [-0.2, 0) is 16.6 Å². The summed E-state index contributed by atoms with van der Waals surface area (Å²) in [6.07, 6.45) is 3.68. The van der Waals surface area contributed by atoms with E-state index in [2.05, 4.69) is 4.90 Å². The summed E-state index contributed by atoms with van der Waals surface area (Å²) in [6, 6.07) is 4.28. The monoisotopic (exact) mass is 324 g/mol. The molecule has 3 heterocycles. The summed E-state index contributed by atoms with van der Waals surface area (Å²) in [6.45, 7) is 5.47. The highest BCUT2D eigenvalue weighted by Gasteiger charge is 2.48. The molecule has 22 heavy (non-hydrogen) atoms.